The van der Waals surface area contributed by atoms with Crippen LogP contribution < -0.4 is 14.8 Å². The highest BCUT2D eigenvalue weighted by Crippen LogP contribution is 2.21. The zero-order chi connectivity index (χ0) is 15.9. The van der Waals surface area contributed by atoms with Crippen LogP contribution in [0.3, 0.4) is 0 Å². The lowest BCUT2D eigenvalue weighted by Gasteiger charge is -2.16. The molecule has 0 heterocycles. The van der Waals surface area contributed by atoms with Gasteiger partial charge in [-0.3, -0.25) is 0 Å². The topological polar surface area (TPSA) is 30.5 Å². The van der Waals surface area contributed by atoms with Crippen molar-refractivity contribution in [2.45, 2.75) is 19.9 Å². The molecule has 0 radical (unpaired) electrons. The molecule has 2 aromatic carbocycles. The van der Waals surface area contributed by atoms with E-state index in [4.69, 9.17) is 9.47 Å². The van der Waals surface area contributed by atoms with Gasteiger partial charge in [0, 0.05) is 12.6 Å². The first-order chi connectivity index (χ1) is 10.6. The molecular formula is C18H22FNO2. The van der Waals surface area contributed by atoms with Crippen LogP contribution in [0.1, 0.15) is 24.1 Å². The number of hydrogen-bond acceptors (Lipinski definition) is 3. The number of benzene rings is 2. The molecule has 0 aliphatic carbocycles. The normalized spacial score (nSPS) is 12.0. The molecule has 0 fully saturated rings. The Bertz CT molecular complexity index is 616. The van der Waals surface area contributed by atoms with E-state index in [9.17, 15) is 4.39 Å². The number of nitrogens with one attached hydrogen (secondary N) is 1. The first-order valence-electron chi connectivity index (χ1n) is 7.37. The van der Waals surface area contributed by atoms with Gasteiger partial charge in [-0.2, -0.15) is 0 Å². The molecule has 2 aromatic rings. The molecule has 1 unspecified atom stereocenters. The molecular weight excluding hydrogens is 281 g/mol. The van der Waals surface area contributed by atoms with E-state index in [2.05, 4.69) is 5.32 Å². The molecule has 1 N–H and O–H groups in total. The van der Waals surface area contributed by atoms with Crippen LogP contribution in [0.5, 0.6) is 11.5 Å². The van der Waals surface area contributed by atoms with Gasteiger partial charge in [-0.1, -0.05) is 24.3 Å². The van der Waals surface area contributed by atoms with Gasteiger partial charge in [0.15, 0.2) is 11.6 Å². The average molecular weight is 303 g/mol. The maximum atomic E-state index is 13.7. The quantitative estimate of drug-likeness (QED) is 0.788. The lowest BCUT2D eigenvalue weighted by Crippen LogP contribution is -2.24. The summed E-state index contributed by atoms with van der Waals surface area (Å²) in [5, 5.41) is 3.32. The highest BCUT2D eigenvalue weighted by molar-refractivity contribution is 5.32. The summed E-state index contributed by atoms with van der Waals surface area (Å²) in [5.74, 6) is 0.816. The minimum Gasteiger partial charge on any atom is -0.494 e. The van der Waals surface area contributed by atoms with E-state index >= 15 is 0 Å². The Kier molecular flexibility index (Phi) is 5.78. The first kappa shape index (κ1) is 16.3. The van der Waals surface area contributed by atoms with Crippen molar-refractivity contribution in [1.82, 2.24) is 5.32 Å². The third-order valence-corrected chi connectivity index (χ3v) is 3.58. The largest absolute Gasteiger partial charge is 0.494 e. The smallest absolute Gasteiger partial charge is 0.165 e. The molecule has 22 heavy (non-hydrogen) atoms. The SMILES string of the molecule is COc1ccc(C(C)NCCOc2ccccc2C)cc1F. The number of rotatable bonds is 7. The highest BCUT2D eigenvalue weighted by Gasteiger charge is 2.09. The van der Waals surface area contributed by atoms with Crippen LogP contribution in [0.15, 0.2) is 42.5 Å². The fourth-order valence-electron chi connectivity index (χ4n) is 2.22. The van der Waals surface area contributed by atoms with Gasteiger partial charge in [0.1, 0.15) is 12.4 Å². The van der Waals surface area contributed by atoms with Gasteiger partial charge in [-0.05, 0) is 43.2 Å². The van der Waals surface area contributed by atoms with Gasteiger partial charge in [0.05, 0.1) is 7.11 Å². The fourth-order valence-corrected chi connectivity index (χ4v) is 2.22. The first-order valence-corrected chi connectivity index (χ1v) is 7.37. The molecule has 0 bridgehead atoms. The maximum Gasteiger partial charge on any atom is 0.165 e. The summed E-state index contributed by atoms with van der Waals surface area (Å²) in [7, 11) is 1.46. The summed E-state index contributed by atoms with van der Waals surface area (Å²) >= 11 is 0. The third-order valence-electron chi connectivity index (χ3n) is 3.58. The number of ether oxygens (including phenoxy) is 2. The summed E-state index contributed by atoms with van der Waals surface area (Å²) in [6, 6.07) is 13.0. The number of halogens is 1. The fraction of sp³-hybridized carbons (Fsp3) is 0.333. The van der Waals surface area contributed by atoms with Crippen LogP contribution in [0, 0.1) is 12.7 Å². The van der Waals surface area contributed by atoms with E-state index < -0.39 is 0 Å². The molecule has 0 spiro atoms. The predicted molar refractivity (Wildman–Crippen MR) is 86.0 cm³/mol. The maximum absolute atomic E-state index is 13.7. The summed E-state index contributed by atoms with van der Waals surface area (Å²) in [5.41, 5.74) is 2.00. The zero-order valence-electron chi connectivity index (χ0n) is 13.2. The number of aryl methyl sites for hydroxylation is 1. The van der Waals surface area contributed by atoms with Crippen LogP contribution in [-0.2, 0) is 0 Å². The van der Waals surface area contributed by atoms with Gasteiger partial charge in [0.25, 0.3) is 0 Å². The van der Waals surface area contributed by atoms with Gasteiger partial charge in [-0.25, -0.2) is 4.39 Å². The molecule has 0 saturated heterocycles. The minimum atomic E-state index is -0.343. The molecule has 0 saturated carbocycles. The molecule has 0 aliphatic heterocycles. The predicted octanol–water partition coefficient (Wildman–Crippen LogP) is 3.87. The number of para-hydroxylation sites is 1. The van der Waals surface area contributed by atoms with Crippen LogP contribution in [0.25, 0.3) is 0 Å². The standard InChI is InChI=1S/C18H22FNO2/c1-13-6-4-5-7-17(13)22-11-10-20-14(2)15-8-9-18(21-3)16(19)12-15/h4-9,12,14,20H,10-11H2,1-3H3. The van der Waals surface area contributed by atoms with E-state index in [1.54, 1.807) is 6.07 Å². The second kappa shape index (κ2) is 7.80. The number of hydrogen-bond donors (Lipinski definition) is 1. The van der Waals surface area contributed by atoms with Gasteiger partial charge >= 0.3 is 0 Å². The van der Waals surface area contributed by atoms with Crippen molar-refractivity contribution in [1.29, 1.82) is 0 Å². The molecule has 1 atom stereocenters. The van der Waals surface area contributed by atoms with Crippen molar-refractivity contribution in [3.05, 3.63) is 59.4 Å². The van der Waals surface area contributed by atoms with Gasteiger partial charge < -0.3 is 14.8 Å². The second-order valence-corrected chi connectivity index (χ2v) is 5.18. The van der Waals surface area contributed by atoms with Crippen molar-refractivity contribution in [2.24, 2.45) is 0 Å². The van der Waals surface area contributed by atoms with Crippen molar-refractivity contribution < 1.29 is 13.9 Å². The van der Waals surface area contributed by atoms with Crippen LogP contribution >= 0.6 is 0 Å². The Balaban J connectivity index is 1.82. The molecule has 3 nitrogen and oxygen atoms in total. The van der Waals surface area contributed by atoms with E-state index in [-0.39, 0.29) is 17.6 Å². The number of methoxy groups -OCH3 is 1. The molecule has 4 heteroatoms. The van der Waals surface area contributed by atoms with Crippen molar-refractivity contribution in [3.8, 4) is 11.5 Å². The van der Waals surface area contributed by atoms with Crippen LogP contribution in [0.4, 0.5) is 4.39 Å². The molecule has 0 aliphatic rings. The van der Waals surface area contributed by atoms with Crippen molar-refractivity contribution >= 4 is 0 Å². The van der Waals surface area contributed by atoms with E-state index in [1.165, 1.54) is 13.2 Å². The molecule has 2 rings (SSSR count). The second-order valence-electron chi connectivity index (χ2n) is 5.18. The lowest BCUT2D eigenvalue weighted by molar-refractivity contribution is 0.305. The van der Waals surface area contributed by atoms with E-state index in [1.807, 2.05) is 44.2 Å². The molecule has 0 amide bonds. The summed E-state index contributed by atoms with van der Waals surface area (Å²) in [4.78, 5) is 0. The average Bonchev–Trinajstić information content (AvgIpc) is 2.52. The molecule has 118 valence electrons. The third kappa shape index (κ3) is 4.21. The van der Waals surface area contributed by atoms with Crippen molar-refractivity contribution in [3.63, 3.8) is 0 Å². The van der Waals surface area contributed by atoms with E-state index in [0.29, 0.717) is 13.2 Å². The summed E-state index contributed by atoms with van der Waals surface area (Å²) < 4.78 is 24.3. The Morgan fingerprint density at radius 3 is 2.59 bits per heavy atom. The minimum absolute atomic E-state index is 0.0425. The van der Waals surface area contributed by atoms with Crippen LogP contribution in [-0.4, -0.2) is 20.3 Å². The Morgan fingerprint density at radius 2 is 1.91 bits per heavy atom. The van der Waals surface area contributed by atoms with Crippen LogP contribution in [0.2, 0.25) is 0 Å². The Morgan fingerprint density at radius 1 is 1.14 bits per heavy atom. The summed E-state index contributed by atoms with van der Waals surface area (Å²) in [6.07, 6.45) is 0. The lowest BCUT2D eigenvalue weighted by atomic mass is 10.1. The highest BCUT2D eigenvalue weighted by atomic mass is 19.1. The van der Waals surface area contributed by atoms with Gasteiger partial charge in [0.2, 0.25) is 0 Å². The van der Waals surface area contributed by atoms with E-state index in [0.717, 1.165) is 16.9 Å². The summed E-state index contributed by atoms with van der Waals surface area (Å²) in [6.45, 7) is 5.26. The monoisotopic (exact) mass is 303 g/mol. The van der Waals surface area contributed by atoms with Crippen molar-refractivity contribution in [2.75, 3.05) is 20.3 Å². The van der Waals surface area contributed by atoms with Gasteiger partial charge in [-0.15, -0.1) is 0 Å². The Labute approximate surface area is 131 Å². The molecule has 0 aromatic heterocycles. The Hall–Kier alpha value is -2.07. The zero-order valence-corrected chi connectivity index (χ0v) is 13.2.